The molecule has 1 unspecified atom stereocenters. The van der Waals surface area contributed by atoms with Crippen molar-refractivity contribution in [3.63, 3.8) is 0 Å². The summed E-state index contributed by atoms with van der Waals surface area (Å²) < 4.78 is 0. The Morgan fingerprint density at radius 2 is 1.85 bits per heavy atom. The van der Waals surface area contributed by atoms with Crippen LogP contribution < -0.4 is 5.32 Å². The molecule has 5 heteroatoms. The second-order valence-corrected chi connectivity index (χ2v) is 4.89. The standard InChI is InChI=1S/C15H13ClN4/c1-10(11-4-2-3-5-12(11)16)19-14-7-6-13-15(20-14)18-9-8-17-13/h2-10H,1H3,(H,18,19,20). The van der Waals surface area contributed by atoms with Gasteiger partial charge in [0.05, 0.1) is 6.04 Å². The molecule has 2 heterocycles. The first-order chi connectivity index (χ1) is 9.74. The number of halogens is 1. The van der Waals surface area contributed by atoms with E-state index in [4.69, 9.17) is 11.6 Å². The van der Waals surface area contributed by atoms with Gasteiger partial charge in [-0.2, -0.15) is 0 Å². The normalized spacial score (nSPS) is 12.3. The van der Waals surface area contributed by atoms with E-state index in [1.807, 2.05) is 43.3 Å². The van der Waals surface area contributed by atoms with Gasteiger partial charge in [-0.3, -0.25) is 4.98 Å². The Kier molecular flexibility index (Phi) is 3.48. The maximum absolute atomic E-state index is 6.20. The van der Waals surface area contributed by atoms with Crippen molar-refractivity contribution in [3.8, 4) is 0 Å². The fourth-order valence-corrected chi connectivity index (χ4v) is 2.36. The first-order valence-corrected chi connectivity index (χ1v) is 6.70. The highest BCUT2D eigenvalue weighted by atomic mass is 35.5. The van der Waals surface area contributed by atoms with Gasteiger partial charge < -0.3 is 5.32 Å². The molecule has 0 aliphatic heterocycles. The fraction of sp³-hybridized carbons (Fsp3) is 0.133. The minimum absolute atomic E-state index is 0.0605. The molecule has 1 N–H and O–H groups in total. The number of benzene rings is 1. The highest BCUT2D eigenvalue weighted by Crippen LogP contribution is 2.25. The van der Waals surface area contributed by atoms with Gasteiger partial charge in [0, 0.05) is 17.4 Å². The highest BCUT2D eigenvalue weighted by molar-refractivity contribution is 6.31. The Morgan fingerprint density at radius 1 is 1.05 bits per heavy atom. The smallest absolute Gasteiger partial charge is 0.180 e. The van der Waals surface area contributed by atoms with Gasteiger partial charge in [-0.1, -0.05) is 29.8 Å². The molecular weight excluding hydrogens is 272 g/mol. The van der Waals surface area contributed by atoms with Gasteiger partial charge in [0.25, 0.3) is 0 Å². The van der Waals surface area contributed by atoms with E-state index in [-0.39, 0.29) is 6.04 Å². The summed E-state index contributed by atoms with van der Waals surface area (Å²) in [5.41, 5.74) is 2.45. The molecule has 0 aliphatic carbocycles. The van der Waals surface area contributed by atoms with Crippen LogP contribution in [0.5, 0.6) is 0 Å². The van der Waals surface area contributed by atoms with Gasteiger partial charge in [0.15, 0.2) is 5.65 Å². The number of nitrogens with one attached hydrogen (secondary N) is 1. The van der Waals surface area contributed by atoms with Crippen molar-refractivity contribution in [1.82, 2.24) is 15.0 Å². The third-order valence-electron chi connectivity index (χ3n) is 3.07. The number of hydrogen-bond acceptors (Lipinski definition) is 4. The van der Waals surface area contributed by atoms with Crippen molar-refractivity contribution in [2.24, 2.45) is 0 Å². The van der Waals surface area contributed by atoms with Gasteiger partial charge in [0.2, 0.25) is 0 Å². The molecule has 0 saturated heterocycles. The van der Waals surface area contributed by atoms with Gasteiger partial charge in [0.1, 0.15) is 11.3 Å². The summed E-state index contributed by atoms with van der Waals surface area (Å²) in [6.45, 7) is 2.05. The second kappa shape index (κ2) is 5.43. The van der Waals surface area contributed by atoms with E-state index < -0.39 is 0 Å². The molecule has 3 aromatic rings. The summed E-state index contributed by atoms with van der Waals surface area (Å²) in [5.74, 6) is 0.755. The first-order valence-electron chi connectivity index (χ1n) is 6.33. The number of anilines is 1. The zero-order valence-electron chi connectivity index (χ0n) is 10.9. The van der Waals surface area contributed by atoms with Crippen molar-refractivity contribution >= 4 is 28.6 Å². The summed E-state index contributed by atoms with van der Waals surface area (Å²) in [6, 6.07) is 11.6. The summed E-state index contributed by atoms with van der Waals surface area (Å²) in [6.07, 6.45) is 3.29. The van der Waals surface area contributed by atoms with Gasteiger partial charge >= 0.3 is 0 Å². The quantitative estimate of drug-likeness (QED) is 0.794. The van der Waals surface area contributed by atoms with Crippen LogP contribution in [0.25, 0.3) is 11.2 Å². The van der Waals surface area contributed by atoms with E-state index in [2.05, 4.69) is 20.3 Å². The van der Waals surface area contributed by atoms with Gasteiger partial charge in [-0.25, -0.2) is 9.97 Å². The van der Waals surface area contributed by atoms with E-state index in [0.717, 1.165) is 21.9 Å². The molecule has 0 bridgehead atoms. The first kappa shape index (κ1) is 12.8. The number of aromatic nitrogens is 3. The van der Waals surface area contributed by atoms with Crippen LogP contribution >= 0.6 is 11.6 Å². The van der Waals surface area contributed by atoms with E-state index >= 15 is 0 Å². The summed E-state index contributed by atoms with van der Waals surface area (Å²) in [5, 5.41) is 4.07. The molecule has 1 aromatic carbocycles. The molecule has 0 radical (unpaired) electrons. The highest BCUT2D eigenvalue weighted by Gasteiger charge is 2.10. The van der Waals surface area contributed by atoms with Gasteiger partial charge in [-0.05, 0) is 30.7 Å². The maximum Gasteiger partial charge on any atom is 0.180 e. The van der Waals surface area contributed by atoms with Crippen molar-refractivity contribution in [2.45, 2.75) is 13.0 Å². The summed E-state index contributed by atoms with van der Waals surface area (Å²) in [7, 11) is 0. The number of pyridine rings is 1. The lowest BCUT2D eigenvalue weighted by Crippen LogP contribution is -2.08. The summed E-state index contributed by atoms with van der Waals surface area (Å²) >= 11 is 6.20. The minimum atomic E-state index is 0.0605. The average molecular weight is 285 g/mol. The predicted molar refractivity (Wildman–Crippen MR) is 80.8 cm³/mol. The van der Waals surface area contributed by atoms with Crippen molar-refractivity contribution < 1.29 is 0 Å². The summed E-state index contributed by atoms with van der Waals surface area (Å²) in [4.78, 5) is 12.8. The molecule has 4 nitrogen and oxygen atoms in total. The van der Waals surface area contributed by atoms with Crippen molar-refractivity contribution in [3.05, 3.63) is 59.4 Å². The molecule has 0 aliphatic rings. The third kappa shape index (κ3) is 2.56. The van der Waals surface area contributed by atoms with E-state index in [9.17, 15) is 0 Å². The molecule has 0 amide bonds. The molecule has 1 atom stereocenters. The van der Waals surface area contributed by atoms with Gasteiger partial charge in [-0.15, -0.1) is 0 Å². The van der Waals surface area contributed by atoms with Crippen LogP contribution in [0, 0.1) is 0 Å². The van der Waals surface area contributed by atoms with Crippen LogP contribution in [-0.2, 0) is 0 Å². The molecular formula is C15H13ClN4. The van der Waals surface area contributed by atoms with Crippen LogP contribution in [0.3, 0.4) is 0 Å². The SMILES string of the molecule is CC(Nc1ccc2nccnc2n1)c1ccccc1Cl. The molecule has 0 fully saturated rings. The Bertz CT molecular complexity index is 745. The Morgan fingerprint density at radius 3 is 2.70 bits per heavy atom. The lowest BCUT2D eigenvalue weighted by Gasteiger charge is -2.16. The topological polar surface area (TPSA) is 50.7 Å². The Balaban J connectivity index is 1.87. The second-order valence-electron chi connectivity index (χ2n) is 4.48. The van der Waals surface area contributed by atoms with Crippen LogP contribution in [0.15, 0.2) is 48.8 Å². The lowest BCUT2D eigenvalue weighted by molar-refractivity contribution is 0.876. The monoisotopic (exact) mass is 284 g/mol. The number of hydrogen-bond donors (Lipinski definition) is 1. The molecule has 100 valence electrons. The third-order valence-corrected chi connectivity index (χ3v) is 3.41. The van der Waals surface area contributed by atoms with E-state index in [1.54, 1.807) is 12.4 Å². The minimum Gasteiger partial charge on any atom is -0.363 e. The van der Waals surface area contributed by atoms with E-state index in [0.29, 0.717) is 5.65 Å². The zero-order chi connectivity index (χ0) is 13.9. The van der Waals surface area contributed by atoms with Crippen LogP contribution in [0.4, 0.5) is 5.82 Å². The Hall–Kier alpha value is -2.20. The molecule has 20 heavy (non-hydrogen) atoms. The molecule has 0 saturated carbocycles. The average Bonchev–Trinajstić information content (AvgIpc) is 2.47. The lowest BCUT2D eigenvalue weighted by atomic mass is 10.1. The predicted octanol–water partition coefficient (Wildman–Crippen LogP) is 3.85. The number of fused-ring (bicyclic) bond motifs is 1. The Labute approximate surface area is 121 Å². The van der Waals surface area contributed by atoms with Crippen LogP contribution in [-0.4, -0.2) is 15.0 Å². The maximum atomic E-state index is 6.20. The van der Waals surface area contributed by atoms with Crippen molar-refractivity contribution in [2.75, 3.05) is 5.32 Å². The largest absolute Gasteiger partial charge is 0.363 e. The van der Waals surface area contributed by atoms with Crippen LogP contribution in [0.2, 0.25) is 5.02 Å². The van der Waals surface area contributed by atoms with E-state index in [1.165, 1.54) is 0 Å². The molecule has 2 aromatic heterocycles. The molecule has 0 spiro atoms. The van der Waals surface area contributed by atoms with Crippen molar-refractivity contribution in [1.29, 1.82) is 0 Å². The number of nitrogens with zero attached hydrogens (tertiary/aromatic N) is 3. The zero-order valence-corrected chi connectivity index (χ0v) is 11.7. The molecule has 3 rings (SSSR count). The van der Waals surface area contributed by atoms with Crippen LogP contribution in [0.1, 0.15) is 18.5 Å². The fourth-order valence-electron chi connectivity index (χ4n) is 2.06. The number of rotatable bonds is 3.